The van der Waals surface area contributed by atoms with Crippen LogP contribution in [0.15, 0.2) is 94.7 Å². The van der Waals surface area contributed by atoms with Crippen molar-refractivity contribution in [1.29, 1.82) is 0 Å². The molecule has 10 heteroatoms. The zero-order chi connectivity index (χ0) is 26.1. The van der Waals surface area contributed by atoms with Crippen LogP contribution in [0.4, 0.5) is 8.78 Å². The van der Waals surface area contributed by atoms with Crippen LogP contribution in [0.2, 0.25) is 0 Å². The van der Waals surface area contributed by atoms with Crippen molar-refractivity contribution in [3.8, 4) is 0 Å². The van der Waals surface area contributed by atoms with E-state index in [0.29, 0.717) is 5.56 Å². The van der Waals surface area contributed by atoms with Gasteiger partial charge in [0.25, 0.3) is 0 Å². The molecule has 35 heavy (non-hydrogen) atoms. The van der Waals surface area contributed by atoms with E-state index < -0.39 is 47.3 Å². The van der Waals surface area contributed by atoms with E-state index in [1.807, 2.05) is 0 Å². The lowest BCUT2D eigenvalue weighted by Crippen LogP contribution is -2.52. The summed E-state index contributed by atoms with van der Waals surface area (Å²) in [5.41, 5.74) is -2.40. The molecule has 0 atom stereocenters. The van der Waals surface area contributed by atoms with E-state index in [4.69, 9.17) is 4.74 Å². The van der Waals surface area contributed by atoms with Crippen LogP contribution >= 0.6 is 0 Å². The molecule has 0 saturated carbocycles. The van der Waals surface area contributed by atoms with E-state index in [1.54, 1.807) is 6.92 Å². The molecule has 0 heterocycles. The lowest BCUT2D eigenvalue weighted by atomic mass is 10.1. The number of benzene rings is 3. The van der Waals surface area contributed by atoms with E-state index in [-0.39, 0.29) is 9.79 Å². The first kappa shape index (κ1) is 26.5. The summed E-state index contributed by atoms with van der Waals surface area (Å²) in [7, 11) is -9.47. The molecule has 0 fully saturated rings. The number of aryl methyl sites for hydroxylation is 1. The third-order valence-electron chi connectivity index (χ3n) is 5.30. The molecule has 0 aromatic heterocycles. The molecule has 0 saturated heterocycles. The van der Waals surface area contributed by atoms with Crippen molar-refractivity contribution in [3.05, 3.63) is 96.1 Å². The van der Waals surface area contributed by atoms with Gasteiger partial charge in [0.05, 0.1) is 9.79 Å². The minimum absolute atomic E-state index is 0.362. The van der Waals surface area contributed by atoms with Gasteiger partial charge in [0.15, 0.2) is 19.7 Å². The summed E-state index contributed by atoms with van der Waals surface area (Å²) in [6.07, 6.45) is 0. The number of alkyl halides is 2. The Morgan fingerprint density at radius 1 is 0.743 bits per heavy atom. The van der Waals surface area contributed by atoms with Crippen molar-refractivity contribution in [3.63, 3.8) is 0 Å². The quantitative estimate of drug-likeness (QED) is 0.399. The van der Waals surface area contributed by atoms with E-state index >= 15 is 0 Å². The van der Waals surface area contributed by atoms with Crippen LogP contribution in [0, 0.1) is 6.92 Å². The van der Waals surface area contributed by atoms with Crippen LogP contribution in [0.25, 0.3) is 0 Å². The predicted octanol–water partition coefficient (Wildman–Crippen LogP) is 4.68. The Balaban J connectivity index is 2.12. The van der Waals surface area contributed by atoms with Crippen molar-refractivity contribution in [2.45, 2.75) is 46.7 Å². The molecular formula is C25H24F2O6S2. The Bertz CT molecular complexity index is 1330. The summed E-state index contributed by atoms with van der Waals surface area (Å²) in [4.78, 5) is 11.9. The molecule has 0 amide bonds. The minimum atomic E-state index is -4.74. The summed E-state index contributed by atoms with van der Waals surface area (Å²) in [5.74, 6) is -6.22. The molecule has 186 valence electrons. The number of esters is 1. The van der Waals surface area contributed by atoms with Crippen molar-refractivity contribution in [1.82, 2.24) is 0 Å². The average molecular weight is 523 g/mol. The molecule has 0 unspecified atom stereocenters. The molecule has 0 aliphatic carbocycles. The molecule has 0 radical (unpaired) electrons. The van der Waals surface area contributed by atoms with Gasteiger partial charge in [-0.2, -0.15) is 8.78 Å². The molecule has 0 aliphatic heterocycles. The van der Waals surface area contributed by atoms with E-state index in [0.717, 1.165) is 26.0 Å². The second kappa shape index (κ2) is 9.50. The fourth-order valence-electron chi connectivity index (χ4n) is 3.61. The van der Waals surface area contributed by atoms with Crippen molar-refractivity contribution in [2.75, 3.05) is 0 Å². The smallest absolute Gasteiger partial charge is 0.382 e. The maximum atomic E-state index is 14.9. The fraction of sp³-hybridized carbons (Fsp3) is 0.240. The molecule has 3 rings (SSSR count). The van der Waals surface area contributed by atoms with Gasteiger partial charge in [0.1, 0.15) is 5.60 Å². The second-order valence-corrected chi connectivity index (χ2v) is 12.8. The van der Waals surface area contributed by atoms with Crippen LogP contribution in [0.3, 0.4) is 0 Å². The van der Waals surface area contributed by atoms with E-state index in [1.165, 1.54) is 72.8 Å². The van der Waals surface area contributed by atoms with Gasteiger partial charge in [-0.1, -0.05) is 66.2 Å². The summed E-state index contributed by atoms with van der Waals surface area (Å²) in [5, 5.41) is 0. The monoisotopic (exact) mass is 522 g/mol. The van der Waals surface area contributed by atoms with Crippen LogP contribution in [0.5, 0.6) is 0 Å². The van der Waals surface area contributed by atoms with Gasteiger partial charge >= 0.3 is 11.9 Å². The third-order valence-corrected chi connectivity index (χ3v) is 10.9. The van der Waals surface area contributed by atoms with Gasteiger partial charge in [0, 0.05) is 5.56 Å². The normalized spacial score (nSPS) is 13.0. The first-order valence-electron chi connectivity index (χ1n) is 10.5. The number of ether oxygens (including phenoxy) is 1. The lowest BCUT2D eigenvalue weighted by Gasteiger charge is -2.34. The second-order valence-electron chi connectivity index (χ2n) is 8.48. The summed E-state index contributed by atoms with van der Waals surface area (Å²) < 4.78 is 86.8. The molecule has 3 aromatic carbocycles. The maximum Gasteiger partial charge on any atom is 0.382 e. The number of carbonyl (C=O) groups is 1. The van der Waals surface area contributed by atoms with E-state index in [9.17, 15) is 30.4 Å². The first-order valence-corrected chi connectivity index (χ1v) is 13.6. The van der Waals surface area contributed by atoms with Crippen molar-refractivity contribution in [2.24, 2.45) is 0 Å². The Kier molecular flexibility index (Phi) is 7.19. The molecule has 6 nitrogen and oxygen atoms in total. The Morgan fingerprint density at radius 3 is 1.54 bits per heavy atom. The van der Waals surface area contributed by atoms with Gasteiger partial charge in [-0.05, 0) is 45.0 Å². The minimum Gasteiger partial charge on any atom is -0.452 e. The summed E-state index contributed by atoms with van der Waals surface area (Å²) in [6.45, 7) is 3.65. The highest BCUT2D eigenvalue weighted by atomic mass is 32.3. The van der Waals surface area contributed by atoms with Crippen molar-refractivity contribution < 1.29 is 35.1 Å². The largest absolute Gasteiger partial charge is 0.452 e. The van der Waals surface area contributed by atoms with Gasteiger partial charge in [-0.25, -0.2) is 21.6 Å². The van der Waals surface area contributed by atoms with Crippen LogP contribution in [-0.2, 0) is 35.1 Å². The fourth-order valence-corrected chi connectivity index (χ4v) is 8.77. The molecule has 0 bridgehead atoms. The molecule has 3 aromatic rings. The van der Waals surface area contributed by atoms with Crippen LogP contribution < -0.4 is 0 Å². The van der Waals surface area contributed by atoms with Gasteiger partial charge in [-0.3, -0.25) is 0 Å². The zero-order valence-corrected chi connectivity index (χ0v) is 20.8. The molecule has 0 N–H and O–H groups in total. The SMILES string of the molecule is Cc1ccc(C(F)(F)C(=O)OC(C)(C)C(S(=O)(=O)c2ccccc2)S(=O)(=O)c2ccccc2)cc1. The molecular weight excluding hydrogens is 498 g/mol. The molecule has 0 spiro atoms. The number of sulfone groups is 2. The van der Waals surface area contributed by atoms with Crippen LogP contribution in [0.1, 0.15) is 25.0 Å². The van der Waals surface area contributed by atoms with Gasteiger partial charge in [-0.15, -0.1) is 0 Å². The number of halogens is 2. The maximum absolute atomic E-state index is 14.9. The third kappa shape index (κ3) is 5.28. The first-order chi connectivity index (χ1) is 16.2. The number of hydrogen-bond acceptors (Lipinski definition) is 6. The predicted molar refractivity (Wildman–Crippen MR) is 126 cm³/mol. The Morgan fingerprint density at radius 2 is 1.14 bits per heavy atom. The van der Waals surface area contributed by atoms with Gasteiger partial charge < -0.3 is 4.74 Å². The average Bonchev–Trinajstić information content (AvgIpc) is 2.79. The topological polar surface area (TPSA) is 94.6 Å². The molecule has 0 aliphatic rings. The van der Waals surface area contributed by atoms with Gasteiger partial charge in [0.2, 0.25) is 4.58 Å². The van der Waals surface area contributed by atoms with Crippen molar-refractivity contribution >= 4 is 25.6 Å². The summed E-state index contributed by atoms with van der Waals surface area (Å²) >= 11 is 0. The standard InChI is InChI=1S/C25H24F2O6S2/c1-18-14-16-19(17-15-18)25(26,27)22(28)33-24(2,3)23(34(29,30)20-10-6-4-7-11-20)35(31,32)21-12-8-5-9-13-21/h4-17,23H,1-3H3. The van der Waals surface area contributed by atoms with E-state index in [2.05, 4.69) is 0 Å². The Labute approximate surface area is 203 Å². The number of carbonyl (C=O) groups excluding carboxylic acids is 1. The summed E-state index contributed by atoms with van der Waals surface area (Å²) in [6, 6.07) is 18.2. The number of rotatable bonds is 8. The Hall–Kier alpha value is -3.11. The lowest BCUT2D eigenvalue weighted by molar-refractivity contribution is -0.185. The number of hydrogen-bond donors (Lipinski definition) is 0. The highest BCUT2D eigenvalue weighted by Crippen LogP contribution is 2.38. The highest BCUT2D eigenvalue weighted by Gasteiger charge is 2.55. The van der Waals surface area contributed by atoms with Crippen LogP contribution in [-0.4, -0.2) is 33.0 Å². The zero-order valence-electron chi connectivity index (χ0n) is 19.2. The highest BCUT2D eigenvalue weighted by molar-refractivity contribution is 8.09.